The Morgan fingerprint density at radius 2 is 2.28 bits per heavy atom. The lowest BCUT2D eigenvalue weighted by Crippen LogP contribution is -2.39. The van der Waals surface area contributed by atoms with Crippen LogP contribution in [0.5, 0.6) is 0 Å². The van der Waals surface area contributed by atoms with Crippen LogP contribution in [0.2, 0.25) is 0 Å². The van der Waals surface area contributed by atoms with Crippen LogP contribution in [0.25, 0.3) is 10.9 Å². The summed E-state index contributed by atoms with van der Waals surface area (Å²) in [6.07, 6.45) is 2.23. The van der Waals surface area contributed by atoms with E-state index in [1.54, 1.807) is 6.20 Å². The van der Waals surface area contributed by atoms with Gasteiger partial charge >= 0.3 is 0 Å². The molecule has 3 rings (SSSR count). The summed E-state index contributed by atoms with van der Waals surface area (Å²) in [6, 6.07) is 7.86. The standard InChI is InChI=1S/C14H16N2O2/c17-14(7-10-8-15-5-6-18-10)12-9-16-13-4-2-1-3-11(12)13/h1-4,9-10,15-16H,5-8H2. The van der Waals surface area contributed by atoms with Gasteiger partial charge in [0.2, 0.25) is 0 Å². The summed E-state index contributed by atoms with van der Waals surface area (Å²) >= 11 is 0. The van der Waals surface area contributed by atoms with Gasteiger partial charge in [-0.3, -0.25) is 4.79 Å². The minimum atomic E-state index is -0.0000813. The fraction of sp³-hybridized carbons (Fsp3) is 0.357. The zero-order chi connectivity index (χ0) is 12.4. The van der Waals surface area contributed by atoms with Crippen LogP contribution >= 0.6 is 0 Å². The minimum absolute atomic E-state index is 0.0000813. The maximum Gasteiger partial charge on any atom is 0.167 e. The van der Waals surface area contributed by atoms with Gasteiger partial charge in [0.25, 0.3) is 0 Å². The normalized spacial score (nSPS) is 20.1. The molecule has 94 valence electrons. The van der Waals surface area contributed by atoms with E-state index in [4.69, 9.17) is 4.74 Å². The van der Waals surface area contributed by atoms with Gasteiger partial charge in [-0.25, -0.2) is 0 Å². The number of Topliss-reactive ketones (excluding diaryl/α,β-unsaturated/α-hetero) is 1. The third kappa shape index (κ3) is 2.17. The van der Waals surface area contributed by atoms with Gasteiger partial charge in [0.1, 0.15) is 0 Å². The maximum absolute atomic E-state index is 12.3. The molecule has 1 aromatic carbocycles. The maximum atomic E-state index is 12.3. The van der Waals surface area contributed by atoms with Crippen molar-refractivity contribution in [3.8, 4) is 0 Å². The Balaban J connectivity index is 1.79. The quantitative estimate of drug-likeness (QED) is 0.808. The smallest absolute Gasteiger partial charge is 0.167 e. The Labute approximate surface area is 105 Å². The third-order valence-corrected chi connectivity index (χ3v) is 3.31. The molecule has 1 aliphatic rings. The van der Waals surface area contributed by atoms with Crippen molar-refractivity contribution in [3.63, 3.8) is 0 Å². The van der Waals surface area contributed by atoms with Crippen LogP contribution in [0.15, 0.2) is 30.5 Å². The van der Waals surface area contributed by atoms with Crippen LogP contribution in [-0.2, 0) is 4.74 Å². The molecule has 2 aromatic rings. The van der Waals surface area contributed by atoms with Crippen molar-refractivity contribution in [2.45, 2.75) is 12.5 Å². The Hall–Kier alpha value is -1.65. The van der Waals surface area contributed by atoms with E-state index in [1.165, 1.54) is 0 Å². The van der Waals surface area contributed by atoms with Gasteiger partial charge < -0.3 is 15.0 Å². The number of aromatic nitrogens is 1. The molecule has 2 N–H and O–H groups in total. The lowest BCUT2D eigenvalue weighted by molar-refractivity contribution is 0.0240. The van der Waals surface area contributed by atoms with Gasteiger partial charge in [0.05, 0.1) is 12.7 Å². The molecule has 0 spiro atoms. The highest BCUT2D eigenvalue weighted by Crippen LogP contribution is 2.20. The van der Waals surface area contributed by atoms with Gasteiger partial charge in [-0.1, -0.05) is 18.2 Å². The fourth-order valence-electron chi connectivity index (χ4n) is 2.37. The summed E-state index contributed by atoms with van der Waals surface area (Å²) in [6.45, 7) is 2.32. The number of ketones is 1. The Bertz CT molecular complexity index is 556. The molecule has 0 radical (unpaired) electrons. The first-order valence-corrected chi connectivity index (χ1v) is 6.26. The average Bonchev–Trinajstić information content (AvgIpc) is 2.84. The van der Waals surface area contributed by atoms with Crippen LogP contribution < -0.4 is 5.32 Å². The van der Waals surface area contributed by atoms with Crippen molar-refractivity contribution >= 4 is 16.7 Å². The minimum Gasteiger partial charge on any atom is -0.375 e. The van der Waals surface area contributed by atoms with Crippen LogP contribution in [0.1, 0.15) is 16.8 Å². The van der Waals surface area contributed by atoms with Gasteiger partial charge in [-0.15, -0.1) is 0 Å². The van der Waals surface area contributed by atoms with Crippen molar-refractivity contribution in [1.29, 1.82) is 0 Å². The number of fused-ring (bicyclic) bond motifs is 1. The lowest BCUT2D eigenvalue weighted by Gasteiger charge is -2.22. The van der Waals surface area contributed by atoms with E-state index in [0.717, 1.165) is 29.6 Å². The second-order valence-corrected chi connectivity index (χ2v) is 4.57. The van der Waals surface area contributed by atoms with Crippen LogP contribution in [-0.4, -0.2) is 36.6 Å². The summed E-state index contributed by atoms with van der Waals surface area (Å²) in [4.78, 5) is 15.4. The molecule has 18 heavy (non-hydrogen) atoms. The molecule has 0 amide bonds. The SMILES string of the molecule is O=C(CC1CNCCO1)c1c[nH]c2ccccc12. The topological polar surface area (TPSA) is 54.1 Å². The number of carbonyl (C=O) groups excluding carboxylic acids is 1. The van der Waals surface area contributed by atoms with E-state index in [9.17, 15) is 4.79 Å². The zero-order valence-electron chi connectivity index (χ0n) is 10.1. The fourth-order valence-corrected chi connectivity index (χ4v) is 2.37. The lowest BCUT2D eigenvalue weighted by atomic mass is 10.0. The molecule has 0 saturated carbocycles. The van der Waals surface area contributed by atoms with E-state index >= 15 is 0 Å². The first-order chi connectivity index (χ1) is 8.84. The number of carbonyl (C=O) groups is 1. The average molecular weight is 244 g/mol. The van der Waals surface area contributed by atoms with Gasteiger partial charge in [-0.2, -0.15) is 0 Å². The van der Waals surface area contributed by atoms with E-state index in [2.05, 4.69) is 10.3 Å². The molecule has 4 nitrogen and oxygen atoms in total. The molecule has 1 fully saturated rings. The van der Waals surface area contributed by atoms with Crippen LogP contribution in [0.3, 0.4) is 0 Å². The first-order valence-electron chi connectivity index (χ1n) is 6.26. The molecule has 1 atom stereocenters. The predicted octanol–water partition coefficient (Wildman–Crippen LogP) is 1.73. The van der Waals surface area contributed by atoms with Gasteiger partial charge in [0, 0.05) is 42.2 Å². The molecule has 1 aliphatic heterocycles. The highest BCUT2D eigenvalue weighted by atomic mass is 16.5. The van der Waals surface area contributed by atoms with E-state index in [1.807, 2.05) is 24.3 Å². The Morgan fingerprint density at radius 1 is 1.39 bits per heavy atom. The number of para-hydroxylation sites is 1. The highest BCUT2D eigenvalue weighted by molar-refractivity contribution is 6.07. The summed E-state index contributed by atoms with van der Waals surface area (Å²) in [5.74, 6) is 0.140. The van der Waals surface area contributed by atoms with Crippen molar-refractivity contribution in [3.05, 3.63) is 36.0 Å². The predicted molar refractivity (Wildman–Crippen MR) is 69.9 cm³/mol. The molecule has 4 heteroatoms. The van der Waals surface area contributed by atoms with E-state index < -0.39 is 0 Å². The molecule has 2 heterocycles. The Kier molecular flexibility index (Phi) is 3.13. The molecule has 0 aliphatic carbocycles. The second kappa shape index (κ2) is 4.92. The number of morpholine rings is 1. The molecule has 0 bridgehead atoms. The van der Waals surface area contributed by atoms with Gasteiger partial charge in [0.15, 0.2) is 5.78 Å². The summed E-state index contributed by atoms with van der Waals surface area (Å²) in [5.41, 5.74) is 1.77. The molecule has 1 unspecified atom stereocenters. The molecular formula is C14H16N2O2. The van der Waals surface area contributed by atoms with Crippen molar-refractivity contribution in [2.24, 2.45) is 0 Å². The molecular weight excluding hydrogens is 228 g/mol. The molecule has 1 aromatic heterocycles. The Morgan fingerprint density at radius 3 is 3.11 bits per heavy atom. The number of H-pyrrole nitrogens is 1. The molecule has 1 saturated heterocycles. The largest absolute Gasteiger partial charge is 0.375 e. The first kappa shape index (κ1) is 11.4. The number of hydrogen-bond acceptors (Lipinski definition) is 3. The number of rotatable bonds is 3. The summed E-state index contributed by atoms with van der Waals surface area (Å²) in [5, 5.41) is 4.23. The van der Waals surface area contributed by atoms with Crippen LogP contribution in [0.4, 0.5) is 0 Å². The van der Waals surface area contributed by atoms with E-state index in [0.29, 0.717) is 13.0 Å². The number of ether oxygens (including phenoxy) is 1. The van der Waals surface area contributed by atoms with E-state index in [-0.39, 0.29) is 11.9 Å². The second-order valence-electron chi connectivity index (χ2n) is 4.57. The monoisotopic (exact) mass is 244 g/mol. The third-order valence-electron chi connectivity index (χ3n) is 3.31. The van der Waals surface area contributed by atoms with Gasteiger partial charge in [-0.05, 0) is 6.07 Å². The number of aromatic amines is 1. The summed E-state index contributed by atoms with van der Waals surface area (Å²) < 4.78 is 5.57. The number of benzene rings is 1. The number of nitrogens with one attached hydrogen (secondary N) is 2. The summed E-state index contributed by atoms with van der Waals surface area (Å²) in [7, 11) is 0. The van der Waals surface area contributed by atoms with Crippen molar-refractivity contribution < 1.29 is 9.53 Å². The zero-order valence-corrected chi connectivity index (χ0v) is 10.1. The van der Waals surface area contributed by atoms with Crippen molar-refractivity contribution in [2.75, 3.05) is 19.7 Å². The van der Waals surface area contributed by atoms with Crippen molar-refractivity contribution in [1.82, 2.24) is 10.3 Å². The van der Waals surface area contributed by atoms with Crippen LogP contribution in [0, 0.1) is 0 Å². The number of hydrogen-bond donors (Lipinski definition) is 2. The highest BCUT2D eigenvalue weighted by Gasteiger charge is 2.20.